The molecule has 0 amide bonds. The Hall–Kier alpha value is -1.62. The van der Waals surface area contributed by atoms with Gasteiger partial charge in [-0.2, -0.15) is 0 Å². The maximum absolute atomic E-state index is 14.0. The number of hydrogen-bond donors (Lipinski definition) is 1. The van der Waals surface area contributed by atoms with E-state index in [1.54, 1.807) is 7.11 Å². The van der Waals surface area contributed by atoms with Crippen molar-refractivity contribution in [2.45, 2.75) is 12.8 Å². The van der Waals surface area contributed by atoms with E-state index in [4.69, 9.17) is 4.74 Å². The molecule has 1 aliphatic heterocycles. The van der Waals surface area contributed by atoms with Crippen molar-refractivity contribution >= 4 is 11.7 Å². The molecule has 5 heteroatoms. The van der Waals surface area contributed by atoms with Crippen molar-refractivity contribution in [1.82, 2.24) is 0 Å². The zero-order valence-corrected chi connectivity index (χ0v) is 10.9. The minimum Gasteiger partial charge on any atom is -0.478 e. The number of carbonyl (C=O) groups is 1. The predicted molar refractivity (Wildman–Crippen MR) is 70.2 cm³/mol. The quantitative estimate of drug-likeness (QED) is 0.910. The van der Waals surface area contributed by atoms with Crippen LogP contribution >= 0.6 is 0 Å². The fourth-order valence-corrected chi connectivity index (χ4v) is 2.65. The highest BCUT2D eigenvalue weighted by Crippen LogP contribution is 2.29. The zero-order valence-electron chi connectivity index (χ0n) is 10.9. The highest BCUT2D eigenvalue weighted by Gasteiger charge is 2.25. The molecule has 0 aliphatic carbocycles. The van der Waals surface area contributed by atoms with Crippen LogP contribution in [0, 0.1) is 11.7 Å². The number of carboxylic acids is 1. The van der Waals surface area contributed by atoms with Crippen LogP contribution in [-0.4, -0.2) is 37.9 Å². The summed E-state index contributed by atoms with van der Waals surface area (Å²) in [6.45, 7) is 1.93. The van der Waals surface area contributed by atoms with E-state index < -0.39 is 11.8 Å². The van der Waals surface area contributed by atoms with Gasteiger partial charge in [0, 0.05) is 20.2 Å². The third-order valence-electron chi connectivity index (χ3n) is 3.45. The van der Waals surface area contributed by atoms with E-state index in [1.807, 2.05) is 4.90 Å². The molecule has 1 unspecified atom stereocenters. The second kappa shape index (κ2) is 6.02. The van der Waals surface area contributed by atoms with E-state index in [2.05, 4.69) is 0 Å². The maximum Gasteiger partial charge on any atom is 0.337 e. The molecule has 4 nitrogen and oxygen atoms in total. The molecule has 0 bridgehead atoms. The fraction of sp³-hybridized carbons (Fsp3) is 0.500. The van der Waals surface area contributed by atoms with Gasteiger partial charge in [0.05, 0.1) is 17.9 Å². The highest BCUT2D eigenvalue weighted by molar-refractivity contribution is 5.94. The number of methoxy groups -OCH3 is 1. The van der Waals surface area contributed by atoms with Gasteiger partial charge in [0.15, 0.2) is 0 Å². The Morgan fingerprint density at radius 2 is 2.37 bits per heavy atom. The molecule has 1 aromatic carbocycles. The summed E-state index contributed by atoms with van der Waals surface area (Å²) in [7, 11) is 1.64. The molecule has 2 rings (SSSR count). The Balaban J connectivity index is 2.28. The van der Waals surface area contributed by atoms with Crippen molar-refractivity contribution in [1.29, 1.82) is 0 Å². The first-order valence-electron chi connectivity index (χ1n) is 6.39. The lowest BCUT2D eigenvalue weighted by atomic mass is 9.97. The van der Waals surface area contributed by atoms with Crippen molar-refractivity contribution in [3.05, 3.63) is 29.6 Å². The molecular formula is C14H18FNO3. The van der Waals surface area contributed by atoms with Crippen molar-refractivity contribution < 1.29 is 19.0 Å². The van der Waals surface area contributed by atoms with Crippen LogP contribution in [0.3, 0.4) is 0 Å². The lowest BCUT2D eigenvalue weighted by molar-refractivity contribution is 0.0696. The molecule has 0 radical (unpaired) electrons. The van der Waals surface area contributed by atoms with Gasteiger partial charge in [0.2, 0.25) is 0 Å². The van der Waals surface area contributed by atoms with Gasteiger partial charge in [-0.1, -0.05) is 6.07 Å². The first-order chi connectivity index (χ1) is 9.13. The summed E-state index contributed by atoms with van der Waals surface area (Å²) in [6, 6.07) is 4.18. The van der Waals surface area contributed by atoms with Gasteiger partial charge >= 0.3 is 5.97 Å². The van der Waals surface area contributed by atoms with Gasteiger partial charge in [-0.3, -0.25) is 0 Å². The Morgan fingerprint density at radius 3 is 3.05 bits per heavy atom. The fourth-order valence-electron chi connectivity index (χ4n) is 2.65. The van der Waals surface area contributed by atoms with E-state index in [0.717, 1.165) is 12.8 Å². The SMILES string of the molecule is COCC1CCCN(c2c(F)cccc2C(=O)O)C1. The molecule has 1 fully saturated rings. The molecule has 1 aliphatic rings. The van der Waals surface area contributed by atoms with E-state index in [0.29, 0.717) is 25.6 Å². The molecule has 1 N–H and O–H groups in total. The number of piperidine rings is 1. The van der Waals surface area contributed by atoms with Gasteiger partial charge in [0.25, 0.3) is 0 Å². The topological polar surface area (TPSA) is 49.8 Å². The molecule has 1 atom stereocenters. The Bertz CT molecular complexity index is 462. The third kappa shape index (κ3) is 3.04. The number of para-hydroxylation sites is 1. The maximum atomic E-state index is 14.0. The third-order valence-corrected chi connectivity index (χ3v) is 3.45. The van der Waals surface area contributed by atoms with Crippen LogP contribution < -0.4 is 4.90 Å². The number of anilines is 1. The molecule has 104 valence electrons. The van der Waals surface area contributed by atoms with Crippen LogP contribution in [0.2, 0.25) is 0 Å². The molecule has 0 aromatic heterocycles. The molecule has 0 spiro atoms. The summed E-state index contributed by atoms with van der Waals surface area (Å²) in [4.78, 5) is 13.0. The van der Waals surface area contributed by atoms with Gasteiger partial charge in [-0.15, -0.1) is 0 Å². The Kier molecular flexibility index (Phi) is 4.37. The molecule has 19 heavy (non-hydrogen) atoms. The molecular weight excluding hydrogens is 249 g/mol. The number of hydrogen-bond acceptors (Lipinski definition) is 3. The van der Waals surface area contributed by atoms with E-state index in [1.165, 1.54) is 18.2 Å². The molecule has 1 heterocycles. The highest BCUT2D eigenvalue weighted by atomic mass is 19.1. The van der Waals surface area contributed by atoms with Gasteiger partial charge in [-0.25, -0.2) is 9.18 Å². The van der Waals surface area contributed by atoms with Crippen molar-refractivity contribution in [3.8, 4) is 0 Å². The van der Waals surface area contributed by atoms with Gasteiger partial charge < -0.3 is 14.7 Å². The summed E-state index contributed by atoms with van der Waals surface area (Å²) in [5, 5.41) is 9.17. The first kappa shape index (κ1) is 13.8. The lowest BCUT2D eigenvalue weighted by Crippen LogP contribution is -2.38. The van der Waals surface area contributed by atoms with E-state index in [9.17, 15) is 14.3 Å². The minimum absolute atomic E-state index is 0.0260. The number of aromatic carboxylic acids is 1. The summed E-state index contributed by atoms with van der Waals surface area (Å²) in [5.74, 6) is -1.25. The first-order valence-corrected chi connectivity index (χ1v) is 6.39. The molecule has 1 saturated heterocycles. The second-order valence-corrected chi connectivity index (χ2v) is 4.85. The molecule has 1 aromatic rings. The van der Waals surface area contributed by atoms with Crippen LogP contribution in [-0.2, 0) is 4.74 Å². The van der Waals surface area contributed by atoms with Crippen LogP contribution in [0.4, 0.5) is 10.1 Å². The van der Waals surface area contributed by atoms with Crippen LogP contribution in [0.1, 0.15) is 23.2 Å². The largest absolute Gasteiger partial charge is 0.478 e. The Morgan fingerprint density at radius 1 is 1.58 bits per heavy atom. The van der Waals surface area contributed by atoms with Crippen LogP contribution in [0.5, 0.6) is 0 Å². The zero-order chi connectivity index (χ0) is 13.8. The van der Waals surface area contributed by atoms with Crippen LogP contribution in [0.15, 0.2) is 18.2 Å². The lowest BCUT2D eigenvalue weighted by Gasteiger charge is -2.35. The number of ether oxygens (including phenoxy) is 1. The summed E-state index contributed by atoms with van der Waals surface area (Å²) in [5.41, 5.74) is 0.230. The van der Waals surface area contributed by atoms with Crippen molar-refractivity contribution in [3.63, 3.8) is 0 Å². The average Bonchev–Trinajstić information content (AvgIpc) is 2.39. The number of benzene rings is 1. The van der Waals surface area contributed by atoms with Crippen molar-refractivity contribution in [2.24, 2.45) is 5.92 Å². The summed E-state index contributed by atoms with van der Waals surface area (Å²) in [6.07, 6.45) is 1.95. The minimum atomic E-state index is -1.09. The molecule has 0 saturated carbocycles. The van der Waals surface area contributed by atoms with E-state index >= 15 is 0 Å². The van der Waals surface area contributed by atoms with Gasteiger partial charge in [0.1, 0.15) is 5.82 Å². The summed E-state index contributed by atoms with van der Waals surface area (Å²) >= 11 is 0. The van der Waals surface area contributed by atoms with Crippen LogP contribution in [0.25, 0.3) is 0 Å². The van der Waals surface area contributed by atoms with Gasteiger partial charge in [-0.05, 0) is 30.9 Å². The average molecular weight is 267 g/mol. The number of halogens is 1. The monoisotopic (exact) mass is 267 g/mol. The number of rotatable bonds is 4. The second-order valence-electron chi connectivity index (χ2n) is 4.85. The number of nitrogens with zero attached hydrogens (tertiary/aromatic N) is 1. The van der Waals surface area contributed by atoms with E-state index in [-0.39, 0.29) is 11.3 Å². The number of carboxylic acid groups (broad SMARTS) is 1. The normalized spacial score (nSPS) is 19.5. The smallest absolute Gasteiger partial charge is 0.337 e. The predicted octanol–water partition coefficient (Wildman–Crippen LogP) is 2.39. The van der Waals surface area contributed by atoms with Crippen molar-refractivity contribution in [2.75, 3.05) is 31.7 Å². The Labute approximate surface area is 111 Å². The summed E-state index contributed by atoms with van der Waals surface area (Å²) < 4.78 is 19.1. The standard InChI is InChI=1S/C14H18FNO3/c1-19-9-10-4-3-7-16(8-10)13-11(14(17)18)5-2-6-12(13)15/h2,5-6,10H,3-4,7-9H2,1H3,(H,17,18).